The number of benzene rings is 1. The molecule has 2 rings (SSSR count). The van der Waals surface area contributed by atoms with Crippen LogP contribution < -0.4 is 4.72 Å². The van der Waals surface area contributed by atoms with Crippen LogP contribution in [0.2, 0.25) is 0 Å². The van der Waals surface area contributed by atoms with Crippen LogP contribution in [0, 0.1) is 0 Å². The Hall–Kier alpha value is -2.29. The zero-order valence-corrected chi connectivity index (χ0v) is 24.6. The highest BCUT2D eigenvalue weighted by Crippen LogP contribution is 2.18. The summed E-state index contributed by atoms with van der Waals surface area (Å²) in [5.41, 5.74) is 0.365. The van der Waals surface area contributed by atoms with Crippen molar-refractivity contribution >= 4 is 22.1 Å². The van der Waals surface area contributed by atoms with E-state index in [0.717, 1.165) is 5.56 Å². The van der Waals surface area contributed by atoms with Crippen LogP contribution in [-0.4, -0.2) is 109 Å². The van der Waals surface area contributed by atoms with Gasteiger partial charge in [0, 0.05) is 19.6 Å². The normalized spacial score (nSPS) is 14.7. The molecule has 0 aromatic heterocycles. The lowest BCUT2D eigenvalue weighted by Gasteiger charge is -2.31. The number of sulfonamides is 1. The number of carbonyl (C=O) groups is 2. The van der Waals surface area contributed by atoms with Crippen LogP contribution in [0.3, 0.4) is 0 Å². The molecule has 0 bridgehead atoms. The maximum absolute atomic E-state index is 12.6. The Balaban J connectivity index is 1.42. The van der Waals surface area contributed by atoms with Crippen LogP contribution in [0.4, 0.5) is 4.79 Å². The molecule has 1 saturated heterocycles. The molecular weight excluding hydrogens is 544 g/mol. The SMILES string of the molecule is CC(C)(C)OC(=O)COCCOCCOCCOCCNS(=O)(=O)C1CCN(C(=O)OCc2ccccc2)CC1. The number of ether oxygens (including phenoxy) is 6. The molecule has 1 amide bonds. The Morgan fingerprint density at radius 3 is 2.00 bits per heavy atom. The molecule has 1 aliphatic heterocycles. The second-order valence-electron chi connectivity index (χ2n) is 10.1. The van der Waals surface area contributed by atoms with Crippen molar-refractivity contribution in [2.45, 2.75) is 51.1 Å². The van der Waals surface area contributed by atoms with E-state index in [2.05, 4.69) is 4.72 Å². The second kappa shape index (κ2) is 18.2. The van der Waals surface area contributed by atoms with Crippen LogP contribution in [0.5, 0.6) is 0 Å². The molecule has 1 aromatic carbocycles. The Kier molecular flexibility index (Phi) is 15.4. The van der Waals surface area contributed by atoms with Gasteiger partial charge in [-0.3, -0.25) is 0 Å². The highest BCUT2D eigenvalue weighted by molar-refractivity contribution is 7.90. The molecule has 228 valence electrons. The number of likely N-dealkylation sites (tertiary alicyclic amines) is 1. The number of nitrogens with zero attached hydrogens (tertiary/aromatic N) is 1. The van der Waals surface area contributed by atoms with Gasteiger partial charge in [0.05, 0.1) is 51.5 Å². The summed E-state index contributed by atoms with van der Waals surface area (Å²) >= 11 is 0. The summed E-state index contributed by atoms with van der Waals surface area (Å²) in [4.78, 5) is 25.3. The van der Waals surface area contributed by atoms with Gasteiger partial charge in [-0.05, 0) is 39.2 Å². The minimum absolute atomic E-state index is 0.115. The van der Waals surface area contributed by atoms with Crippen LogP contribution >= 0.6 is 0 Å². The molecule has 1 heterocycles. The van der Waals surface area contributed by atoms with Gasteiger partial charge in [0.2, 0.25) is 10.0 Å². The van der Waals surface area contributed by atoms with Crippen LogP contribution in [0.1, 0.15) is 39.2 Å². The van der Waals surface area contributed by atoms with Gasteiger partial charge in [0.1, 0.15) is 18.8 Å². The van der Waals surface area contributed by atoms with Crippen molar-refractivity contribution in [1.29, 1.82) is 0 Å². The smallest absolute Gasteiger partial charge is 0.410 e. The number of amides is 1. The average Bonchev–Trinajstić information content (AvgIpc) is 2.91. The van der Waals surface area contributed by atoms with E-state index in [-0.39, 0.29) is 33.0 Å². The topological polar surface area (TPSA) is 139 Å². The van der Waals surface area contributed by atoms with Crippen molar-refractivity contribution in [3.8, 4) is 0 Å². The highest BCUT2D eigenvalue weighted by Gasteiger charge is 2.31. The Bertz CT molecular complexity index is 961. The summed E-state index contributed by atoms with van der Waals surface area (Å²) in [6, 6.07) is 9.40. The number of hydrogen-bond donors (Lipinski definition) is 1. The van der Waals surface area contributed by atoms with Crippen molar-refractivity contribution in [2.75, 3.05) is 72.5 Å². The lowest BCUT2D eigenvalue weighted by molar-refractivity contribution is -0.160. The summed E-state index contributed by atoms with van der Waals surface area (Å²) in [6.07, 6.45) is 0.268. The van der Waals surface area contributed by atoms with Gasteiger partial charge in [-0.2, -0.15) is 0 Å². The van der Waals surface area contributed by atoms with E-state index < -0.39 is 32.9 Å². The van der Waals surface area contributed by atoms with Crippen molar-refractivity contribution in [1.82, 2.24) is 9.62 Å². The summed E-state index contributed by atoms with van der Waals surface area (Å²) in [7, 11) is -3.51. The lowest BCUT2D eigenvalue weighted by Crippen LogP contribution is -2.46. The largest absolute Gasteiger partial charge is 0.458 e. The lowest BCUT2D eigenvalue weighted by atomic mass is 10.1. The third kappa shape index (κ3) is 14.9. The molecule has 0 atom stereocenters. The monoisotopic (exact) mass is 588 g/mol. The van der Waals surface area contributed by atoms with Gasteiger partial charge < -0.3 is 33.3 Å². The summed E-state index contributed by atoms with van der Waals surface area (Å²) in [5.74, 6) is -0.414. The number of carbonyl (C=O) groups excluding carboxylic acids is 2. The number of rotatable bonds is 18. The first-order valence-corrected chi connectivity index (χ1v) is 15.1. The predicted octanol–water partition coefficient (Wildman–Crippen LogP) is 2.12. The van der Waals surface area contributed by atoms with E-state index >= 15 is 0 Å². The van der Waals surface area contributed by atoms with Crippen molar-refractivity contribution < 1.29 is 46.4 Å². The molecule has 1 fully saturated rings. The molecular formula is C27H44N2O10S. The van der Waals surface area contributed by atoms with Crippen molar-refractivity contribution in [3.05, 3.63) is 35.9 Å². The first-order valence-electron chi connectivity index (χ1n) is 13.5. The molecule has 1 aliphatic rings. The van der Waals surface area contributed by atoms with Gasteiger partial charge >= 0.3 is 12.1 Å². The fraction of sp³-hybridized carbons (Fsp3) is 0.704. The van der Waals surface area contributed by atoms with Gasteiger partial charge in [-0.1, -0.05) is 30.3 Å². The summed E-state index contributed by atoms with van der Waals surface area (Å²) < 4.78 is 59.6. The zero-order valence-electron chi connectivity index (χ0n) is 23.8. The number of nitrogens with one attached hydrogen (secondary N) is 1. The maximum atomic E-state index is 12.6. The molecule has 1 N–H and O–H groups in total. The molecule has 0 saturated carbocycles. The van der Waals surface area contributed by atoms with E-state index in [1.54, 1.807) is 25.7 Å². The Morgan fingerprint density at radius 1 is 0.875 bits per heavy atom. The molecule has 13 heteroatoms. The van der Waals surface area contributed by atoms with E-state index in [1.807, 2.05) is 30.3 Å². The number of hydrogen-bond acceptors (Lipinski definition) is 10. The van der Waals surface area contributed by atoms with Crippen molar-refractivity contribution in [3.63, 3.8) is 0 Å². The average molecular weight is 589 g/mol. The first-order chi connectivity index (χ1) is 19.1. The predicted molar refractivity (Wildman–Crippen MR) is 147 cm³/mol. The van der Waals surface area contributed by atoms with Gasteiger partial charge in [0.15, 0.2) is 0 Å². The maximum Gasteiger partial charge on any atom is 0.410 e. The quantitative estimate of drug-likeness (QED) is 0.200. The van der Waals surface area contributed by atoms with Gasteiger partial charge in [0.25, 0.3) is 0 Å². The number of esters is 1. The fourth-order valence-corrected chi connectivity index (χ4v) is 5.15. The van der Waals surface area contributed by atoms with Crippen molar-refractivity contribution in [2.24, 2.45) is 0 Å². The molecule has 0 unspecified atom stereocenters. The minimum atomic E-state index is -3.51. The van der Waals surface area contributed by atoms with E-state index in [0.29, 0.717) is 59.0 Å². The molecule has 12 nitrogen and oxygen atoms in total. The summed E-state index contributed by atoms with van der Waals surface area (Å²) in [6.45, 7) is 8.53. The first kappa shape index (κ1) is 33.9. The van der Waals surface area contributed by atoms with Crippen LogP contribution in [-0.2, 0) is 49.8 Å². The van der Waals surface area contributed by atoms with E-state index in [9.17, 15) is 18.0 Å². The highest BCUT2D eigenvalue weighted by atomic mass is 32.2. The Labute approximate surface area is 237 Å². The van der Waals surface area contributed by atoms with Gasteiger partial charge in [-0.25, -0.2) is 22.7 Å². The fourth-order valence-electron chi connectivity index (χ4n) is 3.72. The molecule has 1 aromatic rings. The number of piperidine rings is 1. The summed E-state index contributed by atoms with van der Waals surface area (Å²) in [5, 5.41) is -0.559. The van der Waals surface area contributed by atoms with Crippen LogP contribution in [0.25, 0.3) is 0 Å². The molecule has 0 spiro atoms. The molecule has 0 radical (unpaired) electrons. The molecule has 40 heavy (non-hydrogen) atoms. The van der Waals surface area contributed by atoms with E-state index in [4.69, 9.17) is 28.4 Å². The Morgan fingerprint density at radius 2 is 1.43 bits per heavy atom. The third-order valence-corrected chi connectivity index (χ3v) is 7.61. The molecule has 0 aliphatic carbocycles. The van der Waals surface area contributed by atoms with E-state index in [1.165, 1.54) is 0 Å². The standard InChI is InChI=1S/C27H44N2O10S/c1-27(2,3)39-25(30)22-37-20-19-36-18-17-35-16-15-34-14-11-28-40(32,33)24-9-12-29(13-10-24)26(31)38-21-23-7-5-4-6-8-23/h4-8,24,28H,9-22H2,1-3H3. The van der Waals surface area contributed by atoms with Crippen LogP contribution in [0.15, 0.2) is 30.3 Å². The third-order valence-electron chi connectivity index (χ3n) is 5.65. The second-order valence-corrected chi connectivity index (χ2v) is 12.2. The van der Waals surface area contributed by atoms with Gasteiger partial charge in [-0.15, -0.1) is 0 Å². The minimum Gasteiger partial charge on any atom is -0.458 e. The zero-order chi connectivity index (χ0) is 29.3.